The van der Waals surface area contributed by atoms with Gasteiger partial charge >= 0.3 is 0 Å². The first-order valence-corrected chi connectivity index (χ1v) is 4.12. The highest BCUT2D eigenvalue weighted by molar-refractivity contribution is 4.69. The van der Waals surface area contributed by atoms with Crippen molar-refractivity contribution in [1.29, 1.82) is 0 Å². The zero-order valence-electron chi connectivity index (χ0n) is 7.31. The van der Waals surface area contributed by atoms with Crippen molar-refractivity contribution in [2.75, 3.05) is 19.8 Å². The summed E-state index contributed by atoms with van der Waals surface area (Å²) in [7, 11) is 0. The summed E-state index contributed by atoms with van der Waals surface area (Å²) in [4.78, 5) is 0. The van der Waals surface area contributed by atoms with Gasteiger partial charge in [-0.05, 0) is 12.3 Å². The van der Waals surface area contributed by atoms with Crippen LogP contribution in [0.5, 0.6) is 0 Å². The molecule has 0 aromatic carbocycles. The summed E-state index contributed by atoms with van der Waals surface area (Å²) in [6.07, 6.45) is 0.706. The maximum Gasteiger partial charge on any atom is 0.102 e. The summed E-state index contributed by atoms with van der Waals surface area (Å²) < 4.78 is 11.7. The number of aliphatic hydroxyl groups excluding tert-OH is 1. The molecular weight excluding hydrogens is 145 g/mol. The average molecular weight is 163 g/mol. The van der Waals surface area contributed by atoms with Crippen molar-refractivity contribution in [1.82, 2.24) is 5.32 Å². The largest absolute Gasteiger partial charge is 0.396 e. The predicted molar refractivity (Wildman–Crippen MR) is 44.3 cm³/mol. The van der Waals surface area contributed by atoms with Gasteiger partial charge in [0, 0.05) is 19.2 Å². The SMILES string of the molecule is CC(C)C(CCO)NCCF. The minimum atomic E-state index is -0.339. The molecule has 2 N–H and O–H groups in total. The predicted octanol–water partition coefficient (Wildman–Crippen LogP) is 0.953. The van der Waals surface area contributed by atoms with Gasteiger partial charge in [0.05, 0.1) is 0 Å². The van der Waals surface area contributed by atoms with Crippen LogP contribution in [-0.2, 0) is 0 Å². The number of nitrogens with one attached hydrogen (secondary N) is 1. The van der Waals surface area contributed by atoms with Gasteiger partial charge in [0.15, 0.2) is 0 Å². The Morgan fingerprint density at radius 1 is 1.45 bits per heavy atom. The van der Waals surface area contributed by atoms with Gasteiger partial charge in [0.1, 0.15) is 6.67 Å². The van der Waals surface area contributed by atoms with Crippen LogP contribution < -0.4 is 5.32 Å². The first kappa shape index (κ1) is 10.8. The maximum absolute atomic E-state index is 11.7. The molecule has 0 aliphatic carbocycles. The fourth-order valence-electron chi connectivity index (χ4n) is 1.05. The standard InChI is InChI=1S/C8H18FNO/c1-7(2)8(3-6-11)10-5-4-9/h7-8,10-11H,3-6H2,1-2H3. The second kappa shape index (κ2) is 6.55. The van der Waals surface area contributed by atoms with Crippen molar-refractivity contribution >= 4 is 0 Å². The van der Waals surface area contributed by atoms with Gasteiger partial charge in [-0.2, -0.15) is 0 Å². The van der Waals surface area contributed by atoms with Crippen LogP contribution in [0.15, 0.2) is 0 Å². The summed E-state index contributed by atoms with van der Waals surface area (Å²) in [5.74, 6) is 0.452. The van der Waals surface area contributed by atoms with Crippen LogP contribution >= 0.6 is 0 Å². The maximum atomic E-state index is 11.7. The average Bonchev–Trinajstić information content (AvgIpc) is 1.97. The molecule has 11 heavy (non-hydrogen) atoms. The highest BCUT2D eigenvalue weighted by atomic mass is 19.1. The van der Waals surface area contributed by atoms with Crippen molar-refractivity contribution in [2.45, 2.75) is 26.3 Å². The highest BCUT2D eigenvalue weighted by Crippen LogP contribution is 2.04. The molecule has 0 aliphatic heterocycles. The second-order valence-corrected chi connectivity index (χ2v) is 3.01. The lowest BCUT2D eigenvalue weighted by molar-refractivity contribution is 0.242. The Morgan fingerprint density at radius 3 is 2.45 bits per heavy atom. The highest BCUT2D eigenvalue weighted by Gasteiger charge is 2.10. The molecule has 0 bridgehead atoms. The molecule has 0 aromatic rings. The molecule has 0 saturated heterocycles. The molecule has 2 nitrogen and oxygen atoms in total. The molecule has 0 fully saturated rings. The lowest BCUT2D eigenvalue weighted by Gasteiger charge is -2.20. The first-order valence-electron chi connectivity index (χ1n) is 4.12. The Bertz CT molecular complexity index is 88.2. The molecule has 0 saturated carbocycles. The number of aliphatic hydroxyl groups is 1. The van der Waals surface area contributed by atoms with E-state index < -0.39 is 0 Å². The summed E-state index contributed by atoms with van der Waals surface area (Å²) in [5, 5.41) is 11.7. The van der Waals surface area contributed by atoms with E-state index in [0.717, 1.165) is 0 Å². The lowest BCUT2D eigenvalue weighted by atomic mass is 10.0. The van der Waals surface area contributed by atoms with Crippen LogP contribution in [-0.4, -0.2) is 31.0 Å². The van der Waals surface area contributed by atoms with E-state index in [2.05, 4.69) is 19.2 Å². The second-order valence-electron chi connectivity index (χ2n) is 3.01. The third-order valence-corrected chi connectivity index (χ3v) is 1.75. The van der Waals surface area contributed by atoms with E-state index in [1.807, 2.05) is 0 Å². The molecule has 0 amide bonds. The van der Waals surface area contributed by atoms with Gasteiger partial charge in [-0.15, -0.1) is 0 Å². The van der Waals surface area contributed by atoms with Crippen LogP contribution in [0.25, 0.3) is 0 Å². The minimum absolute atomic E-state index is 0.169. The molecule has 1 unspecified atom stereocenters. The van der Waals surface area contributed by atoms with Gasteiger partial charge in [-0.3, -0.25) is 0 Å². The zero-order chi connectivity index (χ0) is 8.69. The van der Waals surface area contributed by atoms with Gasteiger partial charge in [0.25, 0.3) is 0 Å². The van der Waals surface area contributed by atoms with Crippen LogP contribution in [0.3, 0.4) is 0 Å². The van der Waals surface area contributed by atoms with E-state index in [4.69, 9.17) is 5.11 Å². The van der Waals surface area contributed by atoms with Crippen LogP contribution in [0.4, 0.5) is 4.39 Å². The van der Waals surface area contributed by atoms with Crippen LogP contribution in [0.1, 0.15) is 20.3 Å². The fraction of sp³-hybridized carbons (Fsp3) is 1.00. The third-order valence-electron chi connectivity index (χ3n) is 1.75. The fourth-order valence-corrected chi connectivity index (χ4v) is 1.05. The Balaban J connectivity index is 3.51. The first-order chi connectivity index (χ1) is 5.22. The Hall–Kier alpha value is -0.150. The van der Waals surface area contributed by atoms with Gasteiger partial charge in [-0.25, -0.2) is 4.39 Å². The van der Waals surface area contributed by atoms with Crippen LogP contribution in [0, 0.1) is 5.92 Å². The van der Waals surface area contributed by atoms with Crippen molar-refractivity contribution in [2.24, 2.45) is 5.92 Å². The Kier molecular flexibility index (Phi) is 6.46. The number of rotatable bonds is 6. The smallest absolute Gasteiger partial charge is 0.102 e. The van der Waals surface area contributed by atoms with Gasteiger partial charge in [0.2, 0.25) is 0 Å². The molecule has 0 spiro atoms. The zero-order valence-corrected chi connectivity index (χ0v) is 7.31. The van der Waals surface area contributed by atoms with E-state index in [1.54, 1.807) is 0 Å². The quantitative estimate of drug-likeness (QED) is 0.611. The van der Waals surface area contributed by atoms with E-state index in [0.29, 0.717) is 18.9 Å². The monoisotopic (exact) mass is 163 g/mol. The van der Waals surface area contributed by atoms with Gasteiger partial charge in [-0.1, -0.05) is 13.8 Å². The Morgan fingerprint density at radius 2 is 2.09 bits per heavy atom. The number of alkyl halides is 1. The van der Waals surface area contributed by atoms with Crippen molar-refractivity contribution in [3.63, 3.8) is 0 Å². The molecular formula is C8H18FNO. The van der Waals surface area contributed by atoms with E-state index in [1.165, 1.54) is 0 Å². The van der Waals surface area contributed by atoms with Gasteiger partial charge < -0.3 is 10.4 Å². The van der Waals surface area contributed by atoms with Crippen molar-refractivity contribution in [3.05, 3.63) is 0 Å². The van der Waals surface area contributed by atoms with E-state index in [-0.39, 0.29) is 19.3 Å². The van der Waals surface area contributed by atoms with Crippen LogP contribution in [0.2, 0.25) is 0 Å². The summed E-state index contributed by atoms with van der Waals surface area (Å²) in [6.45, 7) is 4.34. The molecule has 0 radical (unpaired) electrons. The molecule has 1 atom stereocenters. The summed E-state index contributed by atoms with van der Waals surface area (Å²) in [5.41, 5.74) is 0. The Labute approximate surface area is 67.8 Å². The molecule has 0 heterocycles. The normalized spacial score (nSPS) is 13.9. The van der Waals surface area contributed by atoms with E-state index >= 15 is 0 Å². The molecule has 0 aromatic heterocycles. The lowest BCUT2D eigenvalue weighted by Crippen LogP contribution is -2.35. The molecule has 0 rings (SSSR count). The number of hydrogen-bond donors (Lipinski definition) is 2. The van der Waals surface area contributed by atoms with Crippen molar-refractivity contribution < 1.29 is 9.50 Å². The molecule has 68 valence electrons. The molecule has 0 aliphatic rings. The minimum Gasteiger partial charge on any atom is -0.396 e. The number of halogens is 1. The summed E-state index contributed by atoms with van der Waals surface area (Å²) >= 11 is 0. The molecule has 3 heteroatoms. The summed E-state index contributed by atoms with van der Waals surface area (Å²) in [6, 6.07) is 0.246. The number of hydrogen-bond acceptors (Lipinski definition) is 2. The van der Waals surface area contributed by atoms with E-state index in [9.17, 15) is 4.39 Å². The third kappa shape index (κ3) is 5.16. The topological polar surface area (TPSA) is 32.3 Å². The van der Waals surface area contributed by atoms with Crippen molar-refractivity contribution in [3.8, 4) is 0 Å².